The lowest BCUT2D eigenvalue weighted by Gasteiger charge is -2.31. The summed E-state index contributed by atoms with van der Waals surface area (Å²) in [5, 5.41) is 4.96. The fourth-order valence-electron chi connectivity index (χ4n) is 9.51. The molecule has 0 heterocycles. The fourth-order valence-corrected chi connectivity index (χ4v) is 9.51. The minimum atomic E-state index is -0.110. The Hall–Kier alpha value is -5.92. The first-order valence-corrected chi connectivity index (χ1v) is 19.8. The molecule has 0 amide bonds. The number of hydrogen-bond acceptors (Lipinski definition) is 1. The molecule has 0 aromatic heterocycles. The molecule has 0 unspecified atom stereocenters. The monoisotopic (exact) mass is 695 g/mol. The van der Waals surface area contributed by atoms with Gasteiger partial charge < -0.3 is 4.90 Å². The maximum absolute atomic E-state index is 2.52. The van der Waals surface area contributed by atoms with Crippen molar-refractivity contribution in [1.29, 1.82) is 0 Å². The Morgan fingerprint density at radius 1 is 0.444 bits per heavy atom. The number of fused-ring (bicyclic) bond motifs is 5. The van der Waals surface area contributed by atoms with Crippen molar-refractivity contribution in [3.8, 4) is 33.4 Å². The lowest BCUT2D eigenvalue weighted by Crippen LogP contribution is -2.17. The predicted molar refractivity (Wildman–Crippen MR) is 230 cm³/mol. The highest BCUT2D eigenvalue weighted by molar-refractivity contribution is 6.07. The summed E-state index contributed by atoms with van der Waals surface area (Å²) in [7, 11) is 0. The van der Waals surface area contributed by atoms with E-state index in [0.29, 0.717) is 5.92 Å². The van der Waals surface area contributed by atoms with Crippen LogP contribution in [0.3, 0.4) is 0 Å². The average Bonchev–Trinajstić information content (AvgIpc) is 3.47. The summed E-state index contributed by atoms with van der Waals surface area (Å²) in [4.78, 5) is 2.52. The van der Waals surface area contributed by atoms with Crippen molar-refractivity contribution in [2.75, 3.05) is 4.90 Å². The molecule has 0 saturated heterocycles. The lowest BCUT2D eigenvalue weighted by atomic mass is 9.82. The van der Waals surface area contributed by atoms with Crippen molar-refractivity contribution in [1.82, 2.24) is 0 Å². The van der Waals surface area contributed by atoms with E-state index in [0.717, 1.165) is 11.4 Å². The largest absolute Gasteiger partial charge is 0.309 e. The van der Waals surface area contributed by atoms with Crippen molar-refractivity contribution < 1.29 is 0 Å². The van der Waals surface area contributed by atoms with Crippen LogP contribution in [0, 0.1) is 0 Å². The van der Waals surface area contributed by atoms with Crippen LogP contribution < -0.4 is 4.90 Å². The van der Waals surface area contributed by atoms with Crippen molar-refractivity contribution in [3.63, 3.8) is 0 Å². The Morgan fingerprint density at radius 3 is 1.83 bits per heavy atom. The summed E-state index contributed by atoms with van der Waals surface area (Å²) >= 11 is 0. The van der Waals surface area contributed by atoms with E-state index in [-0.39, 0.29) is 5.41 Å². The number of hydrogen-bond donors (Lipinski definition) is 0. The van der Waals surface area contributed by atoms with E-state index < -0.39 is 0 Å². The van der Waals surface area contributed by atoms with Crippen LogP contribution in [0.4, 0.5) is 17.1 Å². The van der Waals surface area contributed by atoms with E-state index in [9.17, 15) is 0 Å². The van der Waals surface area contributed by atoms with Crippen LogP contribution in [0.1, 0.15) is 68.6 Å². The molecule has 10 rings (SSSR count). The number of anilines is 3. The summed E-state index contributed by atoms with van der Waals surface area (Å²) < 4.78 is 0. The van der Waals surface area contributed by atoms with Crippen molar-refractivity contribution in [3.05, 3.63) is 187 Å². The van der Waals surface area contributed by atoms with Gasteiger partial charge >= 0.3 is 0 Å². The standard InChI is InChI=1S/C53H45N/c1-53(2)50-19-11-10-18-48(50)49-33-31-45(35-51(49)53)54(44-29-26-40(27-30-44)39-22-20-38(21-23-39)36-12-4-3-5-13-36)52-46-17-9-8-15-41(46)28-32-47(52)43-25-24-37-14-6-7-16-42(37)34-43/h6-11,14-36H,3-5,12-13H2,1-2H3. The average molecular weight is 696 g/mol. The third-order valence-corrected chi connectivity index (χ3v) is 12.5. The number of rotatable bonds is 6. The van der Waals surface area contributed by atoms with Gasteiger partial charge in [-0.1, -0.05) is 173 Å². The second-order valence-electron chi connectivity index (χ2n) is 16.0. The SMILES string of the molecule is CC1(C)c2ccccc2-c2ccc(N(c3ccc(-c4ccc(C5CCCCC5)cc4)cc3)c3c(-c4ccc5ccccc5c4)ccc4ccccc34)cc21. The third-order valence-electron chi connectivity index (χ3n) is 12.5. The van der Waals surface area contributed by atoms with Crippen molar-refractivity contribution >= 4 is 38.6 Å². The minimum absolute atomic E-state index is 0.110. The van der Waals surface area contributed by atoms with Crippen LogP contribution in [0.2, 0.25) is 0 Å². The molecule has 1 fully saturated rings. The maximum Gasteiger partial charge on any atom is 0.0618 e. The van der Waals surface area contributed by atoms with Crippen LogP contribution in [0.25, 0.3) is 54.9 Å². The van der Waals surface area contributed by atoms with Crippen molar-refractivity contribution in [2.45, 2.75) is 57.3 Å². The second-order valence-corrected chi connectivity index (χ2v) is 16.0. The summed E-state index contributed by atoms with van der Waals surface area (Å²) in [6.07, 6.45) is 6.75. The van der Waals surface area contributed by atoms with E-state index in [1.165, 1.54) is 109 Å². The molecule has 262 valence electrons. The summed E-state index contributed by atoms with van der Waals surface area (Å²) in [6, 6.07) is 63.8. The Kier molecular flexibility index (Phi) is 7.99. The van der Waals surface area contributed by atoms with Crippen LogP contribution >= 0.6 is 0 Å². The van der Waals surface area contributed by atoms with Crippen molar-refractivity contribution in [2.24, 2.45) is 0 Å². The zero-order valence-electron chi connectivity index (χ0n) is 31.2. The first-order chi connectivity index (χ1) is 26.5. The Bertz CT molecular complexity index is 2660. The highest BCUT2D eigenvalue weighted by Crippen LogP contribution is 2.52. The van der Waals surface area contributed by atoms with E-state index in [4.69, 9.17) is 0 Å². The van der Waals surface area contributed by atoms with Gasteiger partial charge in [-0.15, -0.1) is 0 Å². The molecular formula is C53H45N. The van der Waals surface area contributed by atoms with Gasteiger partial charge in [-0.3, -0.25) is 0 Å². The van der Waals surface area contributed by atoms with Gasteiger partial charge in [0, 0.05) is 27.7 Å². The highest BCUT2D eigenvalue weighted by Gasteiger charge is 2.36. The molecule has 1 heteroatoms. The normalized spacial score (nSPS) is 14.9. The lowest BCUT2D eigenvalue weighted by molar-refractivity contribution is 0.443. The first kappa shape index (κ1) is 32.7. The molecule has 0 N–H and O–H groups in total. The Labute approximate surface area is 319 Å². The molecule has 1 saturated carbocycles. The van der Waals surface area contributed by atoms with Crippen LogP contribution in [0.15, 0.2) is 170 Å². The molecule has 0 bridgehead atoms. The van der Waals surface area contributed by atoms with E-state index in [2.05, 4.69) is 189 Å². The molecule has 0 spiro atoms. The molecule has 8 aromatic carbocycles. The zero-order chi connectivity index (χ0) is 36.2. The molecule has 0 radical (unpaired) electrons. The summed E-state index contributed by atoms with van der Waals surface area (Å²) in [5.41, 5.74) is 15.3. The molecule has 2 aliphatic rings. The first-order valence-electron chi connectivity index (χ1n) is 19.8. The van der Waals surface area contributed by atoms with Crippen LogP contribution in [-0.2, 0) is 5.41 Å². The Balaban J connectivity index is 1.15. The van der Waals surface area contributed by atoms with Gasteiger partial charge in [0.05, 0.1) is 5.69 Å². The predicted octanol–water partition coefficient (Wildman–Crippen LogP) is 15.2. The molecule has 0 atom stereocenters. The summed E-state index contributed by atoms with van der Waals surface area (Å²) in [6.45, 7) is 4.75. The molecule has 8 aromatic rings. The summed E-state index contributed by atoms with van der Waals surface area (Å²) in [5.74, 6) is 0.714. The second kappa shape index (κ2) is 13.2. The molecule has 0 aliphatic heterocycles. The van der Waals surface area contributed by atoms with Gasteiger partial charge in [0.25, 0.3) is 0 Å². The zero-order valence-corrected chi connectivity index (χ0v) is 31.2. The highest BCUT2D eigenvalue weighted by atomic mass is 15.1. The molecule has 1 nitrogen and oxygen atoms in total. The third kappa shape index (κ3) is 5.53. The van der Waals surface area contributed by atoms with E-state index in [1.807, 2.05) is 0 Å². The minimum Gasteiger partial charge on any atom is -0.309 e. The Morgan fingerprint density at radius 2 is 1.04 bits per heavy atom. The molecular weight excluding hydrogens is 651 g/mol. The quantitative estimate of drug-likeness (QED) is 0.167. The van der Waals surface area contributed by atoms with Gasteiger partial charge in [0.1, 0.15) is 0 Å². The molecule has 2 aliphatic carbocycles. The topological polar surface area (TPSA) is 3.24 Å². The number of benzene rings is 8. The fraction of sp³-hybridized carbons (Fsp3) is 0.170. The van der Waals surface area contributed by atoms with E-state index >= 15 is 0 Å². The van der Waals surface area contributed by atoms with Crippen LogP contribution in [-0.4, -0.2) is 0 Å². The van der Waals surface area contributed by atoms with Gasteiger partial charge in [-0.05, 0) is 110 Å². The smallest absolute Gasteiger partial charge is 0.0618 e. The van der Waals surface area contributed by atoms with Gasteiger partial charge in [0.2, 0.25) is 0 Å². The van der Waals surface area contributed by atoms with Gasteiger partial charge in [-0.2, -0.15) is 0 Å². The van der Waals surface area contributed by atoms with Crippen LogP contribution in [0.5, 0.6) is 0 Å². The van der Waals surface area contributed by atoms with Gasteiger partial charge in [-0.25, -0.2) is 0 Å². The van der Waals surface area contributed by atoms with E-state index in [1.54, 1.807) is 0 Å². The van der Waals surface area contributed by atoms with Gasteiger partial charge in [0.15, 0.2) is 0 Å². The molecule has 54 heavy (non-hydrogen) atoms. The number of nitrogens with zero attached hydrogens (tertiary/aromatic N) is 1. The maximum atomic E-state index is 2.52.